The summed E-state index contributed by atoms with van der Waals surface area (Å²) in [4.78, 5) is 0. The second-order valence-electron chi connectivity index (χ2n) is 6.40. The van der Waals surface area contributed by atoms with Crippen LogP contribution in [-0.4, -0.2) is 19.3 Å². The summed E-state index contributed by atoms with van der Waals surface area (Å²) in [5, 5.41) is 12.8. The molecule has 0 heterocycles. The van der Waals surface area contributed by atoms with Gasteiger partial charge in [0.1, 0.15) is 11.5 Å². The summed E-state index contributed by atoms with van der Waals surface area (Å²) in [5.74, 6) is 1.58. The molecule has 0 atom stereocenters. The summed E-state index contributed by atoms with van der Waals surface area (Å²) in [6, 6.07) is 18.1. The molecule has 24 heavy (non-hydrogen) atoms. The van der Waals surface area contributed by atoms with Crippen molar-refractivity contribution in [2.45, 2.75) is 19.4 Å². The van der Waals surface area contributed by atoms with Crippen molar-refractivity contribution in [3.63, 3.8) is 0 Å². The van der Waals surface area contributed by atoms with Crippen molar-refractivity contribution in [3.8, 4) is 22.6 Å². The van der Waals surface area contributed by atoms with Gasteiger partial charge in [0, 0.05) is 0 Å². The average molecular weight is 322 g/mol. The zero-order chi connectivity index (χ0) is 17.3. The molecule has 1 N–H and O–H groups in total. The highest BCUT2D eigenvalue weighted by molar-refractivity contribution is 5.89. The highest BCUT2D eigenvalue weighted by Gasteiger charge is 2.21. The van der Waals surface area contributed by atoms with E-state index in [1.807, 2.05) is 36.4 Å². The lowest BCUT2D eigenvalue weighted by atomic mass is 9.88. The van der Waals surface area contributed by atoms with Crippen molar-refractivity contribution in [2.24, 2.45) is 0 Å². The smallest absolute Gasteiger partial charge is 0.119 e. The van der Waals surface area contributed by atoms with Crippen LogP contribution in [0.2, 0.25) is 0 Å². The fraction of sp³-hybridized carbons (Fsp3) is 0.238. The number of hydrogen-bond donors (Lipinski definition) is 1. The van der Waals surface area contributed by atoms with Gasteiger partial charge < -0.3 is 14.6 Å². The molecule has 0 spiro atoms. The van der Waals surface area contributed by atoms with Crippen molar-refractivity contribution in [3.05, 3.63) is 60.2 Å². The number of hydrogen-bond acceptors (Lipinski definition) is 3. The van der Waals surface area contributed by atoms with E-state index in [2.05, 4.69) is 18.2 Å². The molecular weight excluding hydrogens is 300 g/mol. The summed E-state index contributed by atoms with van der Waals surface area (Å²) < 4.78 is 10.6. The van der Waals surface area contributed by atoms with Crippen molar-refractivity contribution in [1.82, 2.24) is 0 Å². The molecule has 0 radical (unpaired) electrons. The Hall–Kier alpha value is -2.52. The Morgan fingerprint density at radius 3 is 2.00 bits per heavy atom. The molecule has 0 saturated heterocycles. The summed E-state index contributed by atoms with van der Waals surface area (Å²) in [7, 11) is 3.30. The van der Waals surface area contributed by atoms with Gasteiger partial charge in [-0.25, -0.2) is 0 Å². The minimum Gasteiger partial charge on any atom is -0.497 e. The monoisotopic (exact) mass is 322 g/mol. The molecule has 0 aliphatic carbocycles. The van der Waals surface area contributed by atoms with E-state index in [0.717, 1.165) is 39.0 Å². The lowest BCUT2D eigenvalue weighted by Crippen LogP contribution is -2.17. The van der Waals surface area contributed by atoms with Crippen LogP contribution in [0.25, 0.3) is 21.9 Å². The lowest BCUT2D eigenvalue weighted by molar-refractivity contribution is 0.0789. The Labute approximate surface area is 142 Å². The lowest BCUT2D eigenvalue weighted by Gasteiger charge is -2.23. The molecule has 0 saturated carbocycles. The first-order chi connectivity index (χ1) is 11.4. The van der Waals surface area contributed by atoms with E-state index in [1.165, 1.54) is 0 Å². The van der Waals surface area contributed by atoms with Gasteiger partial charge in [-0.2, -0.15) is 0 Å². The van der Waals surface area contributed by atoms with Crippen LogP contribution < -0.4 is 9.47 Å². The highest BCUT2D eigenvalue weighted by Crippen LogP contribution is 2.36. The Morgan fingerprint density at radius 2 is 1.33 bits per heavy atom. The molecule has 3 rings (SSSR count). The molecule has 0 aliphatic heterocycles. The fourth-order valence-corrected chi connectivity index (χ4v) is 2.93. The molecule has 0 aromatic heterocycles. The largest absolute Gasteiger partial charge is 0.497 e. The Bertz CT molecular complexity index is 876. The predicted octanol–water partition coefficient (Wildman–Crippen LogP) is 4.75. The summed E-state index contributed by atoms with van der Waals surface area (Å²) in [6.07, 6.45) is 0. The molecule has 3 aromatic rings. The molecule has 0 aliphatic rings. The van der Waals surface area contributed by atoms with Gasteiger partial charge in [-0.05, 0) is 71.6 Å². The summed E-state index contributed by atoms with van der Waals surface area (Å²) >= 11 is 0. The van der Waals surface area contributed by atoms with Crippen molar-refractivity contribution in [1.29, 1.82) is 0 Å². The van der Waals surface area contributed by atoms with Gasteiger partial charge in [0.15, 0.2) is 0 Å². The number of aliphatic hydroxyl groups is 1. The van der Waals surface area contributed by atoms with Crippen molar-refractivity contribution in [2.75, 3.05) is 14.2 Å². The van der Waals surface area contributed by atoms with E-state index in [-0.39, 0.29) is 0 Å². The normalized spacial score (nSPS) is 11.5. The van der Waals surface area contributed by atoms with E-state index < -0.39 is 5.60 Å². The van der Waals surface area contributed by atoms with Gasteiger partial charge in [-0.3, -0.25) is 0 Å². The Morgan fingerprint density at radius 1 is 0.750 bits per heavy atom. The topological polar surface area (TPSA) is 38.7 Å². The molecule has 3 heteroatoms. The van der Waals surface area contributed by atoms with Crippen LogP contribution in [0.1, 0.15) is 19.4 Å². The van der Waals surface area contributed by atoms with Crippen molar-refractivity contribution >= 4 is 10.8 Å². The number of benzene rings is 3. The molecule has 0 bridgehead atoms. The standard InChI is InChI=1S/C21H22O3/c1-21(2,22)20-13-18(24-4)9-10-19(20)16-6-5-15-12-17(23-3)8-7-14(15)11-16/h5-13,22H,1-4H3. The van der Waals surface area contributed by atoms with Crippen molar-refractivity contribution < 1.29 is 14.6 Å². The highest BCUT2D eigenvalue weighted by atomic mass is 16.5. The van der Waals surface area contributed by atoms with Gasteiger partial charge >= 0.3 is 0 Å². The first-order valence-electron chi connectivity index (χ1n) is 7.91. The first-order valence-corrected chi connectivity index (χ1v) is 7.91. The van der Waals surface area contributed by atoms with Gasteiger partial charge in [-0.1, -0.05) is 24.3 Å². The molecule has 0 amide bonds. The third-order valence-electron chi connectivity index (χ3n) is 4.24. The molecule has 0 fully saturated rings. The minimum atomic E-state index is -0.960. The van der Waals surface area contributed by atoms with Gasteiger partial charge in [0.2, 0.25) is 0 Å². The molecular formula is C21H22O3. The van der Waals surface area contributed by atoms with Gasteiger partial charge in [0.05, 0.1) is 19.8 Å². The van der Waals surface area contributed by atoms with E-state index in [4.69, 9.17) is 9.47 Å². The fourth-order valence-electron chi connectivity index (χ4n) is 2.93. The molecule has 3 nitrogen and oxygen atoms in total. The van der Waals surface area contributed by atoms with E-state index in [9.17, 15) is 5.11 Å². The number of ether oxygens (including phenoxy) is 2. The maximum Gasteiger partial charge on any atom is 0.119 e. The zero-order valence-electron chi connectivity index (χ0n) is 14.5. The third kappa shape index (κ3) is 3.08. The van der Waals surface area contributed by atoms with Crippen LogP contribution in [-0.2, 0) is 5.60 Å². The van der Waals surface area contributed by atoms with Crippen LogP contribution >= 0.6 is 0 Å². The summed E-state index contributed by atoms with van der Waals surface area (Å²) in [5.41, 5.74) is 1.95. The Balaban J connectivity index is 2.16. The second kappa shape index (κ2) is 6.17. The summed E-state index contributed by atoms with van der Waals surface area (Å²) in [6.45, 7) is 3.58. The second-order valence-corrected chi connectivity index (χ2v) is 6.40. The quantitative estimate of drug-likeness (QED) is 0.753. The van der Waals surface area contributed by atoms with Gasteiger partial charge in [0.25, 0.3) is 0 Å². The maximum absolute atomic E-state index is 10.6. The van der Waals surface area contributed by atoms with Crippen LogP contribution in [0, 0.1) is 0 Å². The van der Waals surface area contributed by atoms with E-state index in [0.29, 0.717) is 0 Å². The zero-order valence-corrected chi connectivity index (χ0v) is 14.5. The van der Waals surface area contributed by atoms with E-state index >= 15 is 0 Å². The Kier molecular flexibility index (Phi) is 4.20. The number of fused-ring (bicyclic) bond motifs is 1. The SMILES string of the molecule is COc1ccc(-c2ccc3cc(OC)ccc3c2)c(C(C)(C)O)c1. The number of methoxy groups -OCH3 is 2. The maximum atomic E-state index is 10.6. The third-order valence-corrected chi connectivity index (χ3v) is 4.24. The minimum absolute atomic E-state index is 0.737. The van der Waals surface area contributed by atoms with Crippen LogP contribution in [0.5, 0.6) is 11.5 Å². The number of rotatable bonds is 4. The van der Waals surface area contributed by atoms with Crippen LogP contribution in [0.15, 0.2) is 54.6 Å². The molecule has 124 valence electrons. The van der Waals surface area contributed by atoms with Crippen LogP contribution in [0.3, 0.4) is 0 Å². The molecule has 0 unspecified atom stereocenters. The molecule has 3 aromatic carbocycles. The predicted molar refractivity (Wildman–Crippen MR) is 97.7 cm³/mol. The van der Waals surface area contributed by atoms with Crippen LogP contribution in [0.4, 0.5) is 0 Å². The van der Waals surface area contributed by atoms with Gasteiger partial charge in [-0.15, -0.1) is 0 Å². The van der Waals surface area contributed by atoms with E-state index in [1.54, 1.807) is 28.1 Å². The average Bonchev–Trinajstić information content (AvgIpc) is 2.59. The first kappa shape index (κ1) is 16.3.